The Balaban J connectivity index is 1.67. The van der Waals surface area contributed by atoms with Gasteiger partial charge in [-0.05, 0) is 30.5 Å². The molecule has 2 heterocycles. The summed E-state index contributed by atoms with van der Waals surface area (Å²) in [4.78, 5) is 43.3. The molecule has 3 N–H and O–H groups in total. The summed E-state index contributed by atoms with van der Waals surface area (Å²) in [6, 6.07) is 6.88. The standard InChI is InChI=1S/C19H22N3O9P/c1-11-9-21(19(27)20-17(11)24)16-8-14(23)15(30-16)10-29-32(28)22(12(2)18(25)26)31-13-6-4-3-5-7-13/h3-7,9,12,14-16,23H,8,10H2,1-2H3,(H-,20,24,25,26,27)/p+1/t12?,14-,15+,16+/m0/s1. The first-order valence-electron chi connectivity index (χ1n) is 9.68. The van der Waals surface area contributed by atoms with Crippen LogP contribution in [-0.2, 0) is 18.6 Å². The number of rotatable bonds is 9. The second-order valence-electron chi connectivity index (χ2n) is 7.17. The highest BCUT2D eigenvalue weighted by Crippen LogP contribution is 2.35. The van der Waals surface area contributed by atoms with Crippen LogP contribution in [0.5, 0.6) is 5.75 Å². The molecule has 1 saturated heterocycles. The summed E-state index contributed by atoms with van der Waals surface area (Å²) in [6.07, 6.45) is -1.51. The Hall–Kier alpha value is -2.89. The zero-order valence-electron chi connectivity index (χ0n) is 17.3. The van der Waals surface area contributed by atoms with Crippen LogP contribution in [0.1, 0.15) is 25.1 Å². The fourth-order valence-electron chi connectivity index (χ4n) is 2.97. The number of H-pyrrole nitrogens is 1. The molecule has 12 nitrogen and oxygen atoms in total. The first-order valence-corrected chi connectivity index (χ1v) is 10.8. The summed E-state index contributed by atoms with van der Waals surface area (Å²) in [5, 5.41) is 19.6. The Morgan fingerprint density at radius 2 is 2.06 bits per heavy atom. The van der Waals surface area contributed by atoms with Gasteiger partial charge in [0.25, 0.3) is 5.56 Å². The third kappa shape index (κ3) is 5.47. The monoisotopic (exact) mass is 468 g/mol. The number of ether oxygens (including phenoxy) is 1. The normalized spacial score (nSPS) is 22.0. The molecule has 5 atom stereocenters. The number of nitrogens with one attached hydrogen (secondary N) is 1. The number of aromatic amines is 1. The van der Waals surface area contributed by atoms with Crippen molar-refractivity contribution in [1.29, 1.82) is 0 Å². The summed E-state index contributed by atoms with van der Waals surface area (Å²) >= 11 is 0. The van der Waals surface area contributed by atoms with Crippen LogP contribution in [0.2, 0.25) is 0 Å². The Kier molecular flexibility index (Phi) is 7.54. The summed E-state index contributed by atoms with van der Waals surface area (Å²) in [5.74, 6) is -1.02. The number of hydrogen-bond donors (Lipinski definition) is 3. The predicted molar refractivity (Wildman–Crippen MR) is 110 cm³/mol. The van der Waals surface area contributed by atoms with Crippen molar-refractivity contribution in [1.82, 2.24) is 14.4 Å². The lowest BCUT2D eigenvalue weighted by molar-refractivity contribution is -0.148. The van der Waals surface area contributed by atoms with E-state index in [9.17, 15) is 29.2 Å². The van der Waals surface area contributed by atoms with E-state index >= 15 is 0 Å². The van der Waals surface area contributed by atoms with Crippen LogP contribution in [0.3, 0.4) is 0 Å². The number of aryl methyl sites for hydroxylation is 1. The Bertz CT molecular complexity index is 1090. The molecule has 13 heteroatoms. The number of carbonyl (C=O) groups is 1. The van der Waals surface area contributed by atoms with Gasteiger partial charge in [0, 0.05) is 18.2 Å². The largest absolute Gasteiger partial charge is 0.653 e. The van der Waals surface area contributed by atoms with Crippen molar-refractivity contribution < 1.29 is 33.7 Å². The molecule has 1 aromatic heterocycles. The van der Waals surface area contributed by atoms with Gasteiger partial charge in [0.05, 0.1) is 6.10 Å². The minimum atomic E-state index is -2.79. The van der Waals surface area contributed by atoms with Crippen LogP contribution in [0.4, 0.5) is 0 Å². The number of nitrogens with zero attached hydrogens (tertiary/aromatic N) is 2. The predicted octanol–water partition coefficient (Wildman–Crippen LogP) is 0.937. The number of benzene rings is 1. The topological polar surface area (TPSA) is 160 Å². The first-order chi connectivity index (χ1) is 15.2. The van der Waals surface area contributed by atoms with E-state index in [2.05, 4.69) is 4.98 Å². The molecule has 172 valence electrons. The lowest BCUT2D eigenvalue weighted by Crippen LogP contribution is -2.37. The van der Waals surface area contributed by atoms with Gasteiger partial charge in [-0.3, -0.25) is 19.1 Å². The average Bonchev–Trinajstić information content (AvgIpc) is 3.13. The van der Waals surface area contributed by atoms with Crippen LogP contribution in [-0.4, -0.2) is 55.4 Å². The molecule has 1 aliphatic heterocycles. The number of carboxylic acids is 1. The van der Waals surface area contributed by atoms with Gasteiger partial charge >= 0.3 is 19.8 Å². The lowest BCUT2D eigenvalue weighted by atomic mass is 10.2. The molecule has 0 radical (unpaired) electrons. The fourth-order valence-corrected chi connectivity index (χ4v) is 3.90. The third-order valence-electron chi connectivity index (χ3n) is 4.80. The molecule has 3 rings (SSSR count). The maximum absolute atomic E-state index is 12.7. The van der Waals surface area contributed by atoms with Crippen LogP contribution in [0, 0.1) is 6.92 Å². The van der Waals surface area contributed by atoms with Gasteiger partial charge in [-0.15, -0.1) is 4.52 Å². The zero-order valence-corrected chi connectivity index (χ0v) is 18.2. The maximum atomic E-state index is 12.7. The molecule has 0 bridgehead atoms. The number of aliphatic carboxylic acids is 1. The quantitative estimate of drug-likeness (QED) is 0.357. The number of para-hydroxylation sites is 1. The second kappa shape index (κ2) is 10.2. The van der Waals surface area contributed by atoms with E-state index in [0.717, 1.165) is 4.57 Å². The number of aliphatic hydroxyl groups excluding tert-OH is 1. The van der Waals surface area contributed by atoms with Crippen molar-refractivity contribution in [3.8, 4) is 5.75 Å². The van der Waals surface area contributed by atoms with Crippen molar-refractivity contribution in [3.63, 3.8) is 0 Å². The van der Waals surface area contributed by atoms with Crippen LogP contribution in [0.15, 0.2) is 46.1 Å². The summed E-state index contributed by atoms with van der Waals surface area (Å²) in [6.45, 7) is 2.45. The van der Waals surface area contributed by atoms with Gasteiger partial charge in [0.2, 0.25) is 0 Å². The zero-order chi connectivity index (χ0) is 23.4. The highest BCUT2D eigenvalue weighted by atomic mass is 31.1. The van der Waals surface area contributed by atoms with Crippen molar-refractivity contribution in [2.24, 2.45) is 0 Å². The number of hydroxylamine groups is 1. The van der Waals surface area contributed by atoms with Crippen molar-refractivity contribution in [2.45, 2.75) is 44.7 Å². The summed E-state index contributed by atoms with van der Waals surface area (Å²) < 4.78 is 24.8. The Morgan fingerprint density at radius 1 is 1.38 bits per heavy atom. The molecule has 1 aromatic carbocycles. The van der Waals surface area contributed by atoms with Gasteiger partial charge in [0.15, 0.2) is 11.8 Å². The molecule has 0 saturated carbocycles. The second-order valence-corrected chi connectivity index (χ2v) is 8.29. The average molecular weight is 468 g/mol. The molecule has 2 unspecified atom stereocenters. The van der Waals surface area contributed by atoms with E-state index in [0.29, 0.717) is 10.4 Å². The molecule has 0 spiro atoms. The molecule has 0 aliphatic carbocycles. The van der Waals surface area contributed by atoms with E-state index in [1.165, 1.54) is 20.0 Å². The number of aliphatic hydroxyl groups is 1. The van der Waals surface area contributed by atoms with Crippen molar-refractivity contribution in [3.05, 3.63) is 62.9 Å². The molecular weight excluding hydrogens is 445 g/mol. The van der Waals surface area contributed by atoms with Crippen LogP contribution < -0.4 is 16.1 Å². The SMILES string of the molecule is Cc1cn([C@H]2C[C@H](O)[C@@H](CO[P+](=O)N(Oc3ccccc3)C(C)C(=O)O)O2)c(=O)[nH]c1=O. The van der Waals surface area contributed by atoms with Crippen LogP contribution in [0.25, 0.3) is 0 Å². The minimum Gasteiger partial charge on any atom is -0.480 e. The molecule has 1 aliphatic rings. The minimum absolute atomic E-state index is 0.0337. The van der Waals surface area contributed by atoms with Gasteiger partial charge in [-0.25, -0.2) is 4.79 Å². The number of hydrogen-bond acceptors (Lipinski definition) is 8. The molecule has 32 heavy (non-hydrogen) atoms. The summed E-state index contributed by atoms with van der Waals surface area (Å²) in [7, 11) is -2.79. The first kappa shape index (κ1) is 23.8. The van der Waals surface area contributed by atoms with E-state index in [1.54, 1.807) is 30.3 Å². The number of carboxylic acid groups (broad SMARTS) is 1. The Labute approximate surface area is 182 Å². The molecule has 2 aromatic rings. The molecule has 1 fully saturated rings. The summed E-state index contributed by atoms with van der Waals surface area (Å²) in [5.41, 5.74) is -0.919. The van der Waals surface area contributed by atoms with Crippen LogP contribution >= 0.6 is 8.18 Å². The smallest absolute Gasteiger partial charge is 0.480 e. The highest BCUT2D eigenvalue weighted by Gasteiger charge is 2.44. The molecular formula is C19H23N3O9P+. The van der Waals surface area contributed by atoms with Gasteiger partial charge < -0.3 is 19.8 Å². The van der Waals surface area contributed by atoms with Gasteiger partial charge in [-0.2, -0.15) is 0 Å². The van der Waals surface area contributed by atoms with Gasteiger partial charge in [-0.1, -0.05) is 18.2 Å². The van der Waals surface area contributed by atoms with Crippen molar-refractivity contribution >= 4 is 14.1 Å². The molecule has 0 amide bonds. The highest BCUT2D eigenvalue weighted by molar-refractivity contribution is 7.36. The van der Waals surface area contributed by atoms with Crippen molar-refractivity contribution in [2.75, 3.05) is 6.61 Å². The van der Waals surface area contributed by atoms with E-state index in [-0.39, 0.29) is 18.8 Å². The maximum Gasteiger partial charge on any atom is 0.653 e. The fraction of sp³-hybridized carbons (Fsp3) is 0.421. The number of aromatic nitrogens is 2. The van der Waals surface area contributed by atoms with E-state index in [4.69, 9.17) is 14.1 Å². The van der Waals surface area contributed by atoms with Gasteiger partial charge in [0.1, 0.15) is 23.8 Å². The van der Waals surface area contributed by atoms with E-state index < -0.39 is 49.9 Å². The lowest BCUT2D eigenvalue weighted by Gasteiger charge is -2.16. The third-order valence-corrected chi connectivity index (χ3v) is 5.92. The van der Waals surface area contributed by atoms with E-state index in [1.807, 2.05) is 0 Å². The Morgan fingerprint density at radius 3 is 2.72 bits per heavy atom.